The summed E-state index contributed by atoms with van der Waals surface area (Å²) in [6, 6.07) is 42.9. The second kappa shape index (κ2) is 18.4. The van der Waals surface area contributed by atoms with Crippen molar-refractivity contribution in [2.75, 3.05) is 6.16 Å². The minimum absolute atomic E-state index is 0.152. The second-order valence-electron chi connectivity index (χ2n) is 18.2. The van der Waals surface area contributed by atoms with Crippen molar-refractivity contribution < 1.29 is 17.6 Å². The first kappa shape index (κ1) is 42.4. The Morgan fingerprint density at radius 3 is 1.22 bits per heavy atom. The first-order valence-electron chi connectivity index (χ1n) is 22.1. The zero-order valence-corrected chi connectivity index (χ0v) is 37.1. The minimum atomic E-state index is -2.73. The van der Waals surface area contributed by atoms with Crippen LogP contribution in [0.5, 0.6) is 0 Å². The van der Waals surface area contributed by atoms with Gasteiger partial charge in [-0.15, -0.1) is 6.58 Å². The van der Waals surface area contributed by atoms with Crippen LogP contribution in [0.3, 0.4) is 0 Å². The maximum absolute atomic E-state index is 14.4. The van der Waals surface area contributed by atoms with Gasteiger partial charge in [-0.2, -0.15) is 0 Å². The van der Waals surface area contributed by atoms with E-state index in [4.69, 9.17) is 0 Å². The topological polar surface area (TPSA) is 0 Å². The molecule has 5 aromatic rings. The average molecular weight is 929 g/mol. The van der Waals surface area contributed by atoms with Crippen LogP contribution in [-0.4, -0.2) is 6.16 Å². The standard InChI is InChI=1S/C35H36F2IP.C18H22F2/c36-34-18-10-17-33(35(34)37)28-21-19-27(20-22-28)29-23-26(24-29)25-39(38,30-11-4-1-5-12-30,31-13-6-2-7-14-31)32-15-8-3-9-16-32;1-2-12-10-15(11-12)13-6-8-14(9-7-13)16-4-3-5-17(19)18(16)20/h1-18,26-29H,19-25H2;2-5,12-15H,1,6-11H2. The van der Waals surface area contributed by atoms with Gasteiger partial charge in [0.25, 0.3) is 0 Å². The molecule has 9 rings (SSSR count). The molecule has 0 nitrogen and oxygen atoms in total. The van der Waals surface area contributed by atoms with E-state index in [0.29, 0.717) is 23.0 Å². The van der Waals surface area contributed by atoms with Crippen molar-refractivity contribution in [1.29, 1.82) is 0 Å². The Kier molecular flexibility index (Phi) is 13.2. The van der Waals surface area contributed by atoms with Crippen molar-refractivity contribution in [2.24, 2.45) is 35.5 Å². The molecule has 59 heavy (non-hydrogen) atoms. The van der Waals surface area contributed by atoms with E-state index in [1.807, 2.05) is 0 Å². The first-order valence-corrected chi connectivity index (χ1v) is 27.3. The summed E-state index contributed by atoms with van der Waals surface area (Å²) in [7, 11) is 0. The van der Waals surface area contributed by atoms with Crippen molar-refractivity contribution in [3.05, 3.63) is 174 Å². The quantitative estimate of drug-likeness (QED) is 0.0567. The number of allylic oxidation sites excluding steroid dienone is 1. The molecule has 5 aromatic carbocycles. The number of benzene rings is 5. The summed E-state index contributed by atoms with van der Waals surface area (Å²) in [6.07, 6.45) is 16.9. The molecule has 0 amide bonds. The van der Waals surface area contributed by atoms with E-state index in [2.05, 4.69) is 126 Å². The molecule has 0 atom stereocenters. The molecule has 0 aromatic heterocycles. The van der Waals surface area contributed by atoms with Crippen LogP contribution in [-0.2, 0) is 0 Å². The molecule has 0 bridgehead atoms. The summed E-state index contributed by atoms with van der Waals surface area (Å²) in [5.41, 5.74) is 1.16. The van der Waals surface area contributed by atoms with E-state index in [9.17, 15) is 17.6 Å². The summed E-state index contributed by atoms with van der Waals surface area (Å²) >= 11 is 2.92. The van der Waals surface area contributed by atoms with Crippen LogP contribution < -0.4 is 15.9 Å². The van der Waals surface area contributed by atoms with Gasteiger partial charge in [0.1, 0.15) is 0 Å². The van der Waals surface area contributed by atoms with Gasteiger partial charge in [0.05, 0.1) is 0 Å². The molecule has 0 heterocycles. The van der Waals surface area contributed by atoms with Crippen LogP contribution in [0.15, 0.2) is 140 Å². The van der Waals surface area contributed by atoms with Crippen molar-refractivity contribution >= 4 is 42.2 Å². The van der Waals surface area contributed by atoms with Gasteiger partial charge >= 0.3 is 246 Å². The van der Waals surface area contributed by atoms with E-state index < -0.39 is 27.5 Å². The van der Waals surface area contributed by atoms with E-state index >= 15 is 0 Å². The van der Waals surface area contributed by atoms with Gasteiger partial charge in [-0.1, -0.05) is 18.2 Å². The molecule has 4 aliphatic rings. The molecule has 0 radical (unpaired) electrons. The van der Waals surface area contributed by atoms with Crippen LogP contribution in [0.25, 0.3) is 0 Å². The van der Waals surface area contributed by atoms with Gasteiger partial charge in [0.15, 0.2) is 11.6 Å². The fraction of sp³-hybridized carbons (Fsp3) is 0.396. The normalized spacial score (nSPS) is 27.4. The van der Waals surface area contributed by atoms with E-state index in [1.54, 1.807) is 24.3 Å². The average Bonchev–Trinajstić information content (AvgIpc) is 3.25. The summed E-state index contributed by atoms with van der Waals surface area (Å²) in [4.78, 5) is 0. The monoisotopic (exact) mass is 928 g/mol. The van der Waals surface area contributed by atoms with Crippen molar-refractivity contribution in [3.63, 3.8) is 0 Å². The molecule has 4 fully saturated rings. The molecule has 0 aliphatic heterocycles. The molecule has 0 saturated heterocycles. The van der Waals surface area contributed by atoms with E-state index in [0.717, 1.165) is 75.0 Å². The van der Waals surface area contributed by atoms with Gasteiger partial charge in [-0.3, -0.25) is 0 Å². The van der Waals surface area contributed by atoms with Gasteiger partial charge < -0.3 is 0 Å². The number of hydrogen-bond donors (Lipinski definition) is 0. The van der Waals surface area contributed by atoms with Crippen molar-refractivity contribution in [1.82, 2.24) is 0 Å². The third-order valence-electron chi connectivity index (χ3n) is 15.0. The van der Waals surface area contributed by atoms with Gasteiger partial charge in [0, 0.05) is 0 Å². The summed E-state index contributed by atoms with van der Waals surface area (Å²) in [6.45, 7) is 3.85. The Labute approximate surface area is 362 Å². The van der Waals surface area contributed by atoms with Gasteiger partial charge in [-0.25, -0.2) is 8.78 Å². The maximum atomic E-state index is 14.4. The Morgan fingerprint density at radius 1 is 0.475 bits per heavy atom. The van der Waals surface area contributed by atoms with E-state index in [-0.39, 0.29) is 11.8 Å². The number of halogens is 5. The second-order valence-corrected chi connectivity index (χ2v) is 28.9. The molecule has 4 saturated carbocycles. The molecule has 6 heteroatoms. The molecule has 0 spiro atoms. The Balaban J connectivity index is 0.000000203. The summed E-state index contributed by atoms with van der Waals surface area (Å²) < 4.78 is 52.6. The van der Waals surface area contributed by atoms with Crippen LogP contribution in [0, 0.1) is 58.8 Å². The SMILES string of the molecule is C=CC1CC(C2CCC(c3cccc(F)c3F)CC2)C1.Fc1cccc(C2CCC(C3CC(CP(I)(c4ccccc4)(c4ccccc4)c4ccccc4)C3)CC2)c1F. The van der Waals surface area contributed by atoms with Crippen molar-refractivity contribution in [3.8, 4) is 0 Å². The molecular formula is C53H58F4IP. The van der Waals surface area contributed by atoms with Gasteiger partial charge in [0.2, 0.25) is 0 Å². The van der Waals surface area contributed by atoms with Crippen LogP contribution in [0.2, 0.25) is 0 Å². The number of rotatable bonds is 10. The Morgan fingerprint density at radius 2 is 0.847 bits per heavy atom. The summed E-state index contributed by atoms with van der Waals surface area (Å²) in [5.74, 6) is 2.16. The molecule has 4 aliphatic carbocycles. The first-order chi connectivity index (χ1) is 28.7. The predicted molar refractivity (Wildman–Crippen MR) is 249 cm³/mol. The predicted octanol–water partition coefficient (Wildman–Crippen LogP) is 14.6. The van der Waals surface area contributed by atoms with Crippen molar-refractivity contribution in [2.45, 2.75) is 88.9 Å². The van der Waals surface area contributed by atoms with Crippen LogP contribution in [0.4, 0.5) is 17.6 Å². The van der Waals surface area contributed by atoms with E-state index in [1.165, 1.54) is 59.9 Å². The Bertz CT molecular complexity index is 2050. The molecule has 310 valence electrons. The summed E-state index contributed by atoms with van der Waals surface area (Å²) in [5, 5.41) is 4.38. The molecule has 0 unspecified atom stereocenters. The van der Waals surface area contributed by atoms with Crippen LogP contribution >= 0.6 is 26.3 Å². The zero-order chi connectivity index (χ0) is 41.0. The molecule has 0 N–H and O–H groups in total. The van der Waals surface area contributed by atoms with Crippen LogP contribution in [0.1, 0.15) is 100 Å². The fourth-order valence-corrected chi connectivity index (χ4v) is 21.3. The number of hydrogen-bond acceptors (Lipinski definition) is 0. The fourth-order valence-electron chi connectivity index (χ4n) is 11.5. The Hall–Kier alpha value is -3.28. The zero-order valence-electron chi connectivity index (χ0n) is 34.1. The molecular weight excluding hydrogens is 870 g/mol. The third-order valence-corrected chi connectivity index (χ3v) is 26.5. The van der Waals surface area contributed by atoms with Gasteiger partial charge in [-0.05, 0) is 73.8 Å². The third kappa shape index (κ3) is 8.63.